The molecule has 7 heteroatoms. The Bertz CT molecular complexity index is 326. The number of likely N-dealkylation sites (N-methyl/N-ethyl adjacent to an activating group) is 1. The van der Waals surface area contributed by atoms with Gasteiger partial charge >= 0.3 is 12.0 Å². The molecule has 1 aliphatic rings. The van der Waals surface area contributed by atoms with Gasteiger partial charge in [-0.1, -0.05) is 0 Å². The Morgan fingerprint density at radius 2 is 2.22 bits per heavy atom. The van der Waals surface area contributed by atoms with E-state index < -0.39 is 12.0 Å². The van der Waals surface area contributed by atoms with E-state index in [1.165, 1.54) is 21.6 Å². The normalized spacial score (nSPS) is 25.0. The number of carboxylic acid groups (broad SMARTS) is 1. The summed E-state index contributed by atoms with van der Waals surface area (Å²) in [6, 6.07) is -1.09. The number of hydrogen-bond donors (Lipinski definition) is 1. The standard InChI is InChI=1S/C11H20N2O4S/c1-7(5-17-4)12(3)11(16)13-8(2)18-6-9(13)10(14)15/h7-9H,5-6H2,1-4H3,(H,14,15). The van der Waals surface area contributed by atoms with Gasteiger partial charge < -0.3 is 14.7 Å². The van der Waals surface area contributed by atoms with Crippen molar-refractivity contribution < 1.29 is 19.4 Å². The number of ether oxygens (including phenoxy) is 1. The summed E-state index contributed by atoms with van der Waals surface area (Å²) in [4.78, 5) is 26.4. The molecule has 1 fully saturated rings. The van der Waals surface area contributed by atoms with Crippen molar-refractivity contribution in [2.24, 2.45) is 0 Å². The summed E-state index contributed by atoms with van der Waals surface area (Å²) in [6.07, 6.45) is 0. The highest BCUT2D eigenvalue weighted by molar-refractivity contribution is 8.00. The zero-order valence-electron chi connectivity index (χ0n) is 11.1. The third kappa shape index (κ3) is 3.08. The van der Waals surface area contributed by atoms with Crippen molar-refractivity contribution in [2.45, 2.75) is 31.3 Å². The van der Waals surface area contributed by atoms with E-state index in [1.807, 2.05) is 13.8 Å². The smallest absolute Gasteiger partial charge is 0.327 e. The van der Waals surface area contributed by atoms with Gasteiger partial charge in [0.1, 0.15) is 6.04 Å². The lowest BCUT2D eigenvalue weighted by molar-refractivity contribution is -0.141. The summed E-state index contributed by atoms with van der Waals surface area (Å²) in [6.45, 7) is 4.14. The number of methoxy groups -OCH3 is 1. The molecule has 0 bridgehead atoms. The molecule has 1 saturated heterocycles. The molecule has 0 aromatic carbocycles. The molecule has 0 saturated carbocycles. The van der Waals surface area contributed by atoms with E-state index in [9.17, 15) is 9.59 Å². The van der Waals surface area contributed by atoms with Crippen molar-refractivity contribution in [2.75, 3.05) is 26.5 Å². The molecule has 3 unspecified atom stereocenters. The van der Waals surface area contributed by atoms with Gasteiger partial charge in [0, 0.05) is 19.9 Å². The number of rotatable bonds is 4. The van der Waals surface area contributed by atoms with Crippen molar-refractivity contribution in [1.82, 2.24) is 9.80 Å². The zero-order chi connectivity index (χ0) is 13.9. The summed E-state index contributed by atoms with van der Waals surface area (Å²) in [7, 11) is 3.24. The lowest BCUT2D eigenvalue weighted by Gasteiger charge is -2.33. The third-order valence-electron chi connectivity index (χ3n) is 3.10. The predicted molar refractivity (Wildman–Crippen MR) is 69.7 cm³/mol. The minimum absolute atomic E-state index is 0.0882. The van der Waals surface area contributed by atoms with Crippen LogP contribution in [0, 0.1) is 0 Å². The maximum atomic E-state index is 12.3. The predicted octanol–water partition coefficient (Wildman–Crippen LogP) is 0.921. The second-order valence-corrected chi connectivity index (χ2v) is 5.74. The molecule has 2 amide bonds. The van der Waals surface area contributed by atoms with E-state index in [2.05, 4.69) is 0 Å². The summed E-state index contributed by atoms with van der Waals surface area (Å²) in [5.41, 5.74) is 0. The van der Waals surface area contributed by atoms with E-state index >= 15 is 0 Å². The minimum Gasteiger partial charge on any atom is -0.480 e. The molecular formula is C11H20N2O4S. The van der Waals surface area contributed by atoms with Crippen LogP contribution in [0.4, 0.5) is 4.79 Å². The van der Waals surface area contributed by atoms with E-state index in [-0.39, 0.29) is 17.4 Å². The number of carbonyl (C=O) groups excluding carboxylic acids is 1. The lowest BCUT2D eigenvalue weighted by Crippen LogP contribution is -2.52. The van der Waals surface area contributed by atoms with Crippen LogP contribution in [0.3, 0.4) is 0 Å². The van der Waals surface area contributed by atoms with Crippen LogP contribution in [0.25, 0.3) is 0 Å². The number of carbonyl (C=O) groups is 2. The van der Waals surface area contributed by atoms with Crippen LogP contribution >= 0.6 is 11.8 Å². The van der Waals surface area contributed by atoms with Crippen LogP contribution < -0.4 is 0 Å². The Balaban J connectivity index is 2.77. The summed E-state index contributed by atoms with van der Waals surface area (Å²) >= 11 is 1.48. The first-order valence-electron chi connectivity index (χ1n) is 5.78. The van der Waals surface area contributed by atoms with Crippen LogP contribution in [-0.2, 0) is 9.53 Å². The van der Waals surface area contributed by atoms with Crippen LogP contribution in [0.15, 0.2) is 0 Å². The van der Waals surface area contributed by atoms with Crippen LogP contribution in [0.1, 0.15) is 13.8 Å². The number of hydrogen-bond acceptors (Lipinski definition) is 4. The summed E-state index contributed by atoms with van der Waals surface area (Å²) < 4.78 is 5.00. The molecule has 0 spiro atoms. The van der Waals surface area contributed by atoms with Crippen molar-refractivity contribution in [3.63, 3.8) is 0 Å². The first kappa shape index (κ1) is 15.1. The fourth-order valence-corrected chi connectivity index (χ4v) is 3.01. The molecule has 0 radical (unpaired) electrons. The lowest BCUT2D eigenvalue weighted by atomic mass is 10.2. The van der Waals surface area contributed by atoms with Gasteiger partial charge in [0.15, 0.2) is 0 Å². The molecule has 1 heterocycles. The van der Waals surface area contributed by atoms with Crippen molar-refractivity contribution >= 4 is 23.8 Å². The van der Waals surface area contributed by atoms with Gasteiger partial charge in [-0.2, -0.15) is 0 Å². The van der Waals surface area contributed by atoms with Gasteiger partial charge in [0.25, 0.3) is 0 Å². The molecule has 18 heavy (non-hydrogen) atoms. The largest absolute Gasteiger partial charge is 0.480 e. The number of thioether (sulfide) groups is 1. The molecule has 1 aliphatic heterocycles. The molecule has 0 aromatic rings. The Labute approximate surface area is 111 Å². The van der Waals surface area contributed by atoms with Gasteiger partial charge in [-0.3, -0.25) is 4.90 Å². The summed E-state index contributed by atoms with van der Waals surface area (Å²) in [5.74, 6) is -0.512. The van der Waals surface area contributed by atoms with Crippen molar-refractivity contribution in [3.8, 4) is 0 Å². The summed E-state index contributed by atoms with van der Waals surface area (Å²) in [5, 5.41) is 9.01. The second kappa shape index (κ2) is 6.29. The second-order valence-electron chi connectivity index (χ2n) is 4.39. The highest BCUT2D eigenvalue weighted by atomic mass is 32.2. The molecular weight excluding hydrogens is 256 g/mol. The zero-order valence-corrected chi connectivity index (χ0v) is 11.9. The number of aliphatic carboxylic acids is 1. The quantitative estimate of drug-likeness (QED) is 0.827. The average Bonchev–Trinajstić information content (AvgIpc) is 2.69. The fraction of sp³-hybridized carbons (Fsp3) is 0.818. The maximum absolute atomic E-state index is 12.3. The first-order valence-corrected chi connectivity index (χ1v) is 6.83. The van der Waals surface area contributed by atoms with Crippen LogP contribution in [-0.4, -0.2) is 70.9 Å². The fourth-order valence-electron chi connectivity index (χ4n) is 1.85. The maximum Gasteiger partial charge on any atom is 0.327 e. The molecule has 3 atom stereocenters. The van der Waals surface area contributed by atoms with Crippen molar-refractivity contribution in [3.05, 3.63) is 0 Å². The van der Waals surface area contributed by atoms with E-state index in [0.29, 0.717) is 12.4 Å². The SMILES string of the molecule is COCC(C)N(C)C(=O)N1C(C)SCC1C(=O)O. The van der Waals surface area contributed by atoms with Gasteiger partial charge in [-0.25, -0.2) is 9.59 Å². The third-order valence-corrected chi connectivity index (χ3v) is 4.32. The van der Waals surface area contributed by atoms with E-state index in [0.717, 1.165) is 0 Å². The number of nitrogens with zero attached hydrogens (tertiary/aromatic N) is 2. The Morgan fingerprint density at radius 3 is 2.72 bits per heavy atom. The van der Waals surface area contributed by atoms with Gasteiger partial charge in [0.2, 0.25) is 0 Å². The molecule has 1 N–H and O–H groups in total. The highest BCUT2D eigenvalue weighted by Gasteiger charge is 2.41. The molecule has 1 rings (SSSR count). The van der Waals surface area contributed by atoms with Gasteiger partial charge in [-0.05, 0) is 13.8 Å². The van der Waals surface area contributed by atoms with Crippen molar-refractivity contribution in [1.29, 1.82) is 0 Å². The van der Waals surface area contributed by atoms with Crippen LogP contribution in [0.2, 0.25) is 0 Å². The average molecular weight is 276 g/mol. The minimum atomic E-state index is -0.951. The molecule has 0 aliphatic carbocycles. The number of urea groups is 1. The van der Waals surface area contributed by atoms with E-state index in [4.69, 9.17) is 9.84 Å². The van der Waals surface area contributed by atoms with E-state index in [1.54, 1.807) is 14.2 Å². The van der Waals surface area contributed by atoms with Gasteiger partial charge in [-0.15, -0.1) is 11.8 Å². The number of carboxylic acids is 1. The Kier molecular flexibility index (Phi) is 5.28. The monoisotopic (exact) mass is 276 g/mol. The molecule has 6 nitrogen and oxygen atoms in total. The van der Waals surface area contributed by atoms with Crippen LogP contribution in [0.5, 0.6) is 0 Å². The highest BCUT2D eigenvalue weighted by Crippen LogP contribution is 2.29. The Morgan fingerprint density at radius 1 is 1.61 bits per heavy atom. The molecule has 104 valence electrons. The molecule has 0 aromatic heterocycles. The first-order chi connectivity index (χ1) is 8.40. The van der Waals surface area contributed by atoms with Gasteiger partial charge in [0.05, 0.1) is 18.0 Å². The Hall–Kier alpha value is -0.950. The number of amides is 2. The topological polar surface area (TPSA) is 70.1 Å².